The van der Waals surface area contributed by atoms with Crippen molar-refractivity contribution in [3.8, 4) is 0 Å². The number of urea groups is 1. The minimum absolute atomic E-state index is 0.00108. The van der Waals surface area contributed by atoms with Gasteiger partial charge < -0.3 is 19.5 Å². The molecule has 0 bridgehead atoms. The molecule has 5 rings (SSSR count). The van der Waals surface area contributed by atoms with E-state index in [1.54, 1.807) is 35.4 Å². The summed E-state index contributed by atoms with van der Waals surface area (Å²) in [7, 11) is 0. The Morgan fingerprint density at radius 1 is 0.938 bits per heavy atom. The van der Waals surface area contributed by atoms with Gasteiger partial charge in [-0.2, -0.15) is 0 Å². The van der Waals surface area contributed by atoms with Crippen LogP contribution in [0.1, 0.15) is 52.9 Å². The highest BCUT2D eigenvalue weighted by molar-refractivity contribution is 5.95. The fraction of sp³-hybridized carbons (Fsp3) is 0.308. The Labute approximate surface area is 187 Å². The van der Waals surface area contributed by atoms with Gasteiger partial charge >= 0.3 is 6.03 Å². The van der Waals surface area contributed by atoms with Crippen LogP contribution in [0.15, 0.2) is 71.3 Å². The number of carbonyl (C=O) groups is 2. The van der Waals surface area contributed by atoms with Crippen molar-refractivity contribution in [1.29, 1.82) is 0 Å². The van der Waals surface area contributed by atoms with Crippen LogP contribution in [0.2, 0.25) is 0 Å². The Bertz CT molecular complexity index is 1060. The van der Waals surface area contributed by atoms with Gasteiger partial charge in [-0.15, -0.1) is 0 Å². The maximum absolute atomic E-state index is 13.3. The monoisotopic (exact) mass is 429 g/mol. The molecular weight excluding hydrogens is 402 g/mol. The second-order valence-corrected chi connectivity index (χ2v) is 8.58. The average molecular weight is 430 g/mol. The third-order valence-electron chi connectivity index (χ3n) is 6.44. The van der Waals surface area contributed by atoms with Crippen LogP contribution in [0.25, 0.3) is 0 Å². The zero-order valence-electron chi connectivity index (χ0n) is 18.0. The molecule has 2 aromatic carbocycles. The predicted molar refractivity (Wildman–Crippen MR) is 122 cm³/mol. The summed E-state index contributed by atoms with van der Waals surface area (Å²) in [5.74, 6) is 0.793. The Balaban J connectivity index is 1.25. The molecule has 0 radical (unpaired) electrons. The van der Waals surface area contributed by atoms with Crippen molar-refractivity contribution in [1.82, 2.24) is 9.80 Å². The van der Waals surface area contributed by atoms with Crippen LogP contribution in [0.3, 0.4) is 0 Å². The number of hydrogen-bond donors (Lipinski definition) is 1. The number of rotatable bonds is 5. The minimum Gasteiger partial charge on any atom is -0.467 e. The number of fused-ring (bicyclic) bond motifs is 1. The van der Waals surface area contributed by atoms with Crippen LogP contribution in [0, 0.1) is 0 Å². The third-order valence-corrected chi connectivity index (χ3v) is 6.44. The van der Waals surface area contributed by atoms with Gasteiger partial charge in [0.05, 0.1) is 12.8 Å². The summed E-state index contributed by atoms with van der Waals surface area (Å²) in [6, 6.07) is 19.2. The number of furan rings is 1. The maximum Gasteiger partial charge on any atom is 0.322 e. The third kappa shape index (κ3) is 4.26. The summed E-state index contributed by atoms with van der Waals surface area (Å²) in [5, 5.41) is 2.95. The second-order valence-electron chi connectivity index (χ2n) is 8.58. The number of carbonyl (C=O) groups excluding carboxylic acids is 2. The first kappa shape index (κ1) is 20.4. The molecule has 1 saturated carbocycles. The molecule has 0 saturated heterocycles. The first-order chi connectivity index (χ1) is 15.7. The minimum atomic E-state index is -0.134. The van der Waals surface area contributed by atoms with Gasteiger partial charge in [-0.05, 0) is 60.4 Å². The highest BCUT2D eigenvalue weighted by Gasteiger charge is 2.28. The maximum atomic E-state index is 13.3. The zero-order chi connectivity index (χ0) is 21.9. The molecule has 1 aliphatic carbocycles. The first-order valence-corrected chi connectivity index (χ1v) is 11.2. The summed E-state index contributed by atoms with van der Waals surface area (Å²) in [4.78, 5) is 29.7. The lowest BCUT2D eigenvalue weighted by atomic mass is 10.1. The van der Waals surface area contributed by atoms with E-state index in [2.05, 4.69) is 17.4 Å². The number of nitrogens with one attached hydrogen (secondary N) is 1. The average Bonchev–Trinajstić information content (AvgIpc) is 3.59. The summed E-state index contributed by atoms with van der Waals surface area (Å²) < 4.78 is 5.50. The normalized spacial score (nSPS) is 15.6. The van der Waals surface area contributed by atoms with Crippen LogP contribution < -0.4 is 5.32 Å². The molecule has 2 aliphatic rings. The molecule has 0 spiro atoms. The summed E-state index contributed by atoms with van der Waals surface area (Å²) in [6.45, 7) is 1.70. The lowest BCUT2D eigenvalue weighted by Gasteiger charge is -2.28. The van der Waals surface area contributed by atoms with Crippen molar-refractivity contribution >= 4 is 17.6 Å². The van der Waals surface area contributed by atoms with Crippen molar-refractivity contribution in [3.05, 3.63) is 89.4 Å². The molecule has 3 amide bonds. The summed E-state index contributed by atoms with van der Waals surface area (Å²) >= 11 is 0. The van der Waals surface area contributed by atoms with E-state index in [0.717, 1.165) is 31.4 Å². The van der Waals surface area contributed by atoms with E-state index in [0.29, 0.717) is 30.9 Å². The van der Waals surface area contributed by atoms with Gasteiger partial charge in [-0.3, -0.25) is 4.79 Å². The number of hydrogen-bond acceptors (Lipinski definition) is 3. The Kier molecular flexibility index (Phi) is 5.67. The van der Waals surface area contributed by atoms with E-state index in [-0.39, 0.29) is 18.0 Å². The van der Waals surface area contributed by atoms with E-state index in [9.17, 15) is 9.59 Å². The van der Waals surface area contributed by atoms with Gasteiger partial charge in [-0.25, -0.2) is 4.79 Å². The fourth-order valence-corrected chi connectivity index (χ4v) is 4.69. The second kappa shape index (κ2) is 8.91. The molecule has 0 unspecified atom stereocenters. The van der Waals surface area contributed by atoms with Crippen LogP contribution >= 0.6 is 0 Å². The molecule has 6 heteroatoms. The van der Waals surface area contributed by atoms with Gasteiger partial charge in [0, 0.05) is 30.4 Å². The van der Waals surface area contributed by atoms with Crippen molar-refractivity contribution < 1.29 is 14.0 Å². The molecule has 6 nitrogen and oxygen atoms in total. The lowest BCUT2D eigenvalue weighted by Crippen LogP contribution is -2.38. The highest BCUT2D eigenvalue weighted by Crippen LogP contribution is 2.27. The zero-order valence-corrected chi connectivity index (χ0v) is 18.0. The molecule has 1 aromatic heterocycles. The molecule has 32 heavy (non-hydrogen) atoms. The number of amides is 3. The van der Waals surface area contributed by atoms with E-state index < -0.39 is 0 Å². The standard InChI is InChI=1S/C26H27N3O3/c30-25(29(23-8-3-4-9-23)18-24-10-5-15-32-24)19-11-13-22(14-12-19)27-26(31)28-16-20-6-1-2-7-21(20)17-28/h1-2,5-7,10-15,23H,3-4,8-9,16-18H2,(H,27,31). The largest absolute Gasteiger partial charge is 0.467 e. The molecule has 3 aromatic rings. The van der Waals surface area contributed by atoms with Crippen LogP contribution in [-0.4, -0.2) is 27.8 Å². The lowest BCUT2D eigenvalue weighted by molar-refractivity contribution is 0.0649. The molecule has 0 atom stereocenters. The molecule has 164 valence electrons. The smallest absolute Gasteiger partial charge is 0.322 e. The fourth-order valence-electron chi connectivity index (χ4n) is 4.69. The topological polar surface area (TPSA) is 65.8 Å². The van der Waals surface area contributed by atoms with Gasteiger partial charge in [-0.1, -0.05) is 37.1 Å². The molecule has 1 aliphatic heterocycles. The number of anilines is 1. The van der Waals surface area contributed by atoms with Crippen LogP contribution in [0.5, 0.6) is 0 Å². The molecule has 1 N–H and O–H groups in total. The molecular formula is C26H27N3O3. The predicted octanol–water partition coefficient (Wildman–Crippen LogP) is 5.41. The van der Waals surface area contributed by atoms with Gasteiger partial charge in [0.25, 0.3) is 5.91 Å². The number of nitrogens with zero attached hydrogens (tertiary/aromatic N) is 2. The van der Waals surface area contributed by atoms with Crippen LogP contribution in [-0.2, 0) is 19.6 Å². The van der Waals surface area contributed by atoms with E-state index in [1.807, 2.05) is 29.2 Å². The Hall–Kier alpha value is -3.54. The highest BCUT2D eigenvalue weighted by atomic mass is 16.3. The molecule has 1 fully saturated rings. The van der Waals surface area contributed by atoms with Crippen LogP contribution in [0.4, 0.5) is 10.5 Å². The summed E-state index contributed by atoms with van der Waals surface area (Å²) in [5.41, 5.74) is 3.68. The van der Waals surface area contributed by atoms with Crippen molar-refractivity contribution in [2.75, 3.05) is 5.32 Å². The van der Waals surface area contributed by atoms with E-state index in [1.165, 1.54) is 11.1 Å². The van der Waals surface area contributed by atoms with E-state index in [4.69, 9.17) is 4.42 Å². The van der Waals surface area contributed by atoms with Gasteiger partial charge in [0.2, 0.25) is 0 Å². The SMILES string of the molecule is O=C(Nc1ccc(C(=O)N(Cc2ccco2)C2CCCC2)cc1)N1Cc2ccccc2C1. The van der Waals surface area contributed by atoms with E-state index >= 15 is 0 Å². The summed E-state index contributed by atoms with van der Waals surface area (Å²) in [6.07, 6.45) is 6.00. The van der Waals surface area contributed by atoms with Gasteiger partial charge in [0.1, 0.15) is 5.76 Å². The van der Waals surface area contributed by atoms with Crippen molar-refractivity contribution in [3.63, 3.8) is 0 Å². The quantitative estimate of drug-likeness (QED) is 0.590. The molecule has 2 heterocycles. The van der Waals surface area contributed by atoms with Crippen molar-refractivity contribution in [2.45, 2.75) is 51.4 Å². The Morgan fingerprint density at radius 2 is 1.62 bits per heavy atom. The van der Waals surface area contributed by atoms with Gasteiger partial charge in [0.15, 0.2) is 0 Å². The number of benzene rings is 2. The first-order valence-electron chi connectivity index (χ1n) is 11.2. The Morgan fingerprint density at radius 3 is 2.25 bits per heavy atom. The van der Waals surface area contributed by atoms with Crippen molar-refractivity contribution in [2.24, 2.45) is 0 Å².